The number of ether oxygens (including phenoxy) is 1. The fourth-order valence-electron chi connectivity index (χ4n) is 2.89. The Hall–Kier alpha value is -2.75. The molecule has 1 saturated heterocycles. The molecular weight excluding hydrogens is 360 g/mol. The van der Waals surface area contributed by atoms with Crippen LogP contribution in [0.15, 0.2) is 35.9 Å². The lowest BCUT2D eigenvalue weighted by Gasteiger charge is -2.34. The highest BCUT2D eigenvalue weighted by Crippen LogP contribution is 2.16. The van der Waals surface area contributed by atoms with Gasteiger partial charge in [-0.25, -0.2) is 0 Å². The molecule has 0 radical (unpaired) electrons. The van der Waals surface area contributed by atoms with Gasteiger partial charge in [-0.15, -0.1) is 0 Å². The standard InChI is InChI=1S/C19H28N6O3/c20-6-5-17(19(22)27)18(21)23-15-1-3-16(4-2-15)28-14-12-25-9-7-24(8-10-25)11-13-26/h1-6,20,26H,7-14H2,(H2,21,23)(H2,22,27)/b17-5-,20-6?. The molecule has 9 nitrogen and oxygen atoms in total. The number of nitrogens with zero attached hydrogens (tertiary/aromatic N) is 2. The molecule has 1 aliphatic heterocycles. The van der Waals surface area contributed by atoms with Crippen LogP contribution in [0.5, 0.6) is 5.75 Å². The smallest absolute Gasteiger partial charge is 0.252 e. The van der Waals surface area contributed by atoms with E-state index in [4.69, 9.17) is 26.4 Å². The number of hydrogen-bond donors (Lipinski definition) is 5. The van der Waals surface area contributed by atoms with Crippen molar-refractivity contribution in [2.24, 2.45) is 5.73 Å². The Kier molecular flexibility index (Phi) is 8.60. The van der Waals surface area contributed by atoms with Crippen LogP contribution >= 0.6 is 0 Å². The number of piperazine rings is 1. The van der Waals surface area contributed by atoms with Crippen LogP contribution in [-0.2, 0) is 4.79 Å². The molecule has 0 bridgehead atoms. The summed E-state index contributed by atoms with van der Waals surface area (Å²) in [4.78, 5) is 15.9. The molecule has 1 amide bonds. The van der Waals surface area contributed by atoms with E-state index in [2.05, 4.69) is 15.1 Å². The van der Waals surface area contributed by atoms with Crippen LogP contribution in [0.25, 0.3) is 0 Å². The first-order chi connectivity index (χ1) is 13.5. The second kappa shape index (κ2) is 11.2. The number of amides is 1. The molecule has 1 aromatic rings. The molecule has 1 fully saturated rings. The van der Waals surface area contributed by atoms with E-state index in [1.165, 1.54) is 6.08 Å². The highest BCUT2D eigenvalue weighted by atomic mass is 16.5. The molecule has 0 unspecified atom stereocenters. The normalized spacial score (nSPS) is 15.8. The van der Waals surface area contributed by atoms with Gasteiger partial charge in [0.25, 0.3) is 5.91 Å². The molecule has 0 aliphatic carbocycles. The van der Waals surface area contributed by atoms with Gasteiger partial charge in [0.15, 0.2) is 0 Å². The predicted octanol–water partition coefficient (Wildman–Crippen LogP) is 0.126. The highest BCUT2D eigenvalue weighted by molar-refractivity contribution is 6.24. The number of allylic oxidation sites excluding steroid dienone is 1. The van der Waals surface area contributed by atoms with Gasteiger partial charge in [0.1, 0.15) is 18.2 Å². The van der Waals surface area contributed by atoms with Crippen molar-refractivity contribution in [3.63, 3.8) is 0 Å². The van der Waals surface area contributed by atoms with Gasteiger partial charge < -0.3 is 26.3 Å². The number of β-amino-alcohol motifs (C(OH)–C–C–N with tert-alkyl or cyclic N) is 1. The number of aliphatic hydroxyl groups is 1. The molecule has 9 heteroatoms. The Morgan fingerprint density at radius 2 is 1.79 bits per heavy atom. The summed E-state index contributed by atoms with van der Waals surface area (Å²) in [6, 6.07) is 7.08. The van der Waals surface area contributed by atoms with Crippen molar-refractivity contribution in [1.82, 2.24) is 9.80 Å². The summed E-state index contributed by atoms with van der Waals surface area (Å²) in [5.74, 6) is -0.204. The molecule has 0 saturated carbocycles. The molecule has 0 aromatic heterocycles. The van der Waals surface area contributed by atoms with Crippen molar-refractivity contribution in [3.05, 3.63) is 35.9 Å². The fourth-order valence-corrected chi connectivity index (χ4v) is 2.89. The minimum absolute atomic E-state index is 0.0607. The number of anilines is 1. The molecular formula is C19H28N6O3. The minimum Gasteiger partial charge on any atom is -0.492 e. The molecule has 1 heterocycles. The van der Waals surface area contributed by atoms with Crippen LogP contribution in [0.1, 0.15) is 0 Å². The lowest BCUT2D eigenvalue weighted by Crippen LogP contribution is -2.48. The number of nitrogens with one attached hydrogen (secondary N) is 3. The zero-order valence-electron chi connectivity index (χ0n) is 15.9. The van der Waals surface area contributed by atoms with Crippen molar-refractivity contribution in [3.8, 4) is 5.75 Å². The van der Waals surface area contributed by atoms with E-state index in [0.717, 1.165) is 51.2 Å². The molecule has 6 N–H and O–H groups in total. The maximum Gasteiger partial charge on any atom is 0.252 e. The minimum atomic E-state index is -0.766. The van der Waals surface area contributed by atoms with Crippen LogP contribution in [0, 0.1) is 10.8 Å². The SMILES string of the molecule is N=C/C=C(/C(=N)Nc1ccc(OCCN2CCN(CCO)CC2)cc1)C(N)=O. The molecule has 2 rings (SSSR count). The number of benzene rings is 1. The second-order valence-electron chi connectivity index (χ2n) is 6.39. The maximum absolute atomic E-state index is 11.3. The molecule has 1 aromatic carbocycles. The van der Waals surface area contributed by atoms with Gasteiger partial charge in [-0.3, -0.25) is 20.0 Å². The van der Waals surface area contributed by atoms with Crippen LogP contribution < -0.4 is 15.8 Å². The summed E-state index contributed by atoms with van der Waals surface area (Å²) < 4.78 is 5.78. The van der Waals surface area contributed by atoms with Gasteiger partial charge in [-0.05, 0) is 30.3 Å². The van der Waals surface area contributed by atoms with Gasteiger partial charge >= 0.3 is 0 Å². The Balaban J connectivity index is 1.75. The first-order valence-corrected chi connectivity index (χ1v) is 9.18. The zero-order chi connectivity index (χ0) is 20.4. The third-order valence-corrected chi connectivity index (χ3v) is 4.47. The fraction of sp³-hybridized carbons (Fsp3) is 0.421. The van der Waals surface area contributed by atoms with E-state index >= 15 is 0 Å². The van der Waals surface area contributed by atoms with Gasteiger partial charge in [-0.1, -0.05) is 0 Å². The van der Waals surface area contributed by atoms with E-state index in [1.807, 2.05) is 0 Å². The molecule has 0 atom stereocenters. The Bertz CT molecular complexity index is 696. The lowest BCUT2D eigenvalue weighted by molar-refractivity contribution is -0.114. The summed E-state index contributed by atoms with van der Waals surface area (Å²) in [5.41, 5.74) is 5.77. The Labute approximate surface area is 164 Å². The molecule has 1 aliphatic rings. The van der Waals surface area contributed by atoms with Crippen LogP contribution in [0.4, 0.5) is 5.69 Å². The second-order valence-corrected chi connectivity index (χ2v) is 6.39. The van der Waals surface area contributed by atoms with E-state index in [0.29, 0.717) is 12.3 Å². The first-order valence-electron chi connectivity index (χ1n) is 9.18. The summed E-state index contributed by atoms with van der Waals surface area (Å²) in [7, 11) is 0. The Morgan fingerprint density at radius 3 is 2.32 bits per heavy atom. The van der Waals surface area contributed by atoms with Crippen molar-refractivity contribution >= 4 is 23.6 Å². The van der Waals surface area contributed by atoms with Crippen molar-refractivity contribution in [2.45, 2.75) is 0 Å². The number of amidine groups is 1. The number of nitrogens with two attached hydrogens (primary N) is 1. The quantitative estimate of drug-likeness (QED) is 0.219. The van der Waals surface area contributed by atoms with Gasteiger partial charge in [-0.2, -0.15) is 0 Å². The Morgan fingerprint density at radius 1 is 1.18 bits per heavy atom. The van der Waals surface area contributed by atoms with E-state index < -0.39 is 5.91 Å². The van der Waals surface area contributed by atoms with Crippen molar-refractivity contribution < 1.29 is 14.6 Å². The number of primary amides is 1. The van der Waals surface area contributed by atoms with Crippen LogP contribution in [-0.4, -0.2) is 85.3 Å². The number of carbonyl (C=O) groups excluding carboxylic acids is 1. The van der Waals surface area contributed by atoms with Crippen molar-refractivity contribution in [1.29, 1.82) is 10.8 Å². The predicted molar refractivity (Wildman–Crippen MR) is 109 cm³/mol. The van der Waals surface area contributed by atoms with Gasteiger partial charge in [0, 0.05) is 51.2 Å². The number of aliphatic hydroxyl groups excluding tert-OH is 1. The number of carbonyl (C=O) groups is 1. The topological polar surface area (TPSA) is 139 Å². The third-order valence-electron chi connectivity index (χ3n) is 4.47. The summed E-state index contributed by atoms with van der Waals surface area (Å²) in [6.45, 7) is 6.24. The van der Waals surface area contributed by atoms with E-state index in [1.54, 1.807) is 24.3 Å². The first kappa shape index (κ1) is 21.5. The monoisotopic (exact) mass is 388 g/mol. The van der Waals surface area contributed by atoms with Gasteiger partial charge in [0.05, 0.1) is 12.2 Å². The third kappa shape index (κ3) is 6.76. The molecule has 152 valence electrons. The zero-order valence-corrected chi connectivity index (χ0v) is 15.9. The van der Waals surface area contributed by atoms with Crippen LogP contribution in [0.2, 0.25) is 0 Å². The lowest BCUT2D eigenvalue weighted by atomic mass is 10.2. The summed E-state index contributed by atoms with van der Waals surface area (Å²) in [6.07, 6.45) is 2.10. The average molecular weight is 388 g/mol. The summed E-state index contributed by atoms with van der Waals surface area (Å²) >= 11 is 0. The van der Waals surface area contributed by atoms with E-state index in [-0.39, 0.29) is 18.0 Å². The largest absolute Gasteiger partial charge is 0.492 e. The highest BCUT2D eigenvalue weighted by Gasteiger charge is 2.16. The maximum atomic E-state index is 11.3. The summed E-state index contributed by atoms with van der Waals surface area (Å²) in [5, 5.41) is 26.7. The van der Waals surface area contributed by atoms with Crippen LogP contribution in [0.3, 0.4) is 0 Å². The number of hydrogen-bond acceptors (Lipinski definition) is 7. The average Bonchev–Trinajstić information content (AvgIpc) is 2.68. The van der Waals surface area contributed by atoms with Gasteiger partial charge in [0.2, 0.25) is 0 Å². The molecule has 0 spiro atoms. The number of rotatable bonds is 10. The van der Waals surface area contributed by atoms with Crippen molar-refractivity contribution in [2.75, 3.05) is 57.8 Å². The molecule has 28 heavy (non-hydrogen) atoms. The van der Waals surface area contributed by atoms with E-state index in [9.17, 15) is 4.79 Å².